The normalized spacial score (nSPS) is 12.9. The topological polar surface area (TPSA) is 111 Å². The van der Waals surface area contributed by atoms with Crippen molar-refractivity contribution in [2.45, 2.75) is 360 Å². The fraction of sp³-hybridized carbons (Fsp3) is 0.875. The summed E-state index contributed by atoms with van der Waals surface area (Å²) in [5.74, 6) is -2.26. The predicted molar refractivity (Wildman–Crippen MR) is 343 cm³/mol. The minimum atomic E-state index is -1.62. The molecule has 0 saturated carbocycles. The van der Waals surface area contributed by atoms with E-state index in [2.05, 4.69) is 50.3 Å². The minimum Gasteiger partial charge on any atom is -0.545 e. The molecule has 0 N–H and O–H groups in total. The molecule has 0 aliphatic heterocycles. The molecule has 0 bridgehead atoms. The van der Waals surface area contributed by atoms with E-state index >= 15 is 0 Å². The fourth-order valence-electron chi connectivity index (χ4n) is 10.4. The van der Waals surface area contributed by atoms with Crippen LogP contribution in [0.2, 0.25) is 0 Å². The van der Waals surface area contributed by atoms with Gasteiger partial charge in [0.15, 0.2) is 12.4 Å². The Bertz CT molecular complexity index is 1420. The Balaban J connectivity index is 4.08. The Labute approximate surface area is 502 Å². The van der Waals surface area contributed by atoms with Crippen LogP contribution in [-0.4, -0.2) is 82.3 Å². The highest BCUT2D eigenvalue weighted by Gasteiger charge is 2.22. The molecule has 0 rings (SSSR count). The van der Waals surface area contributed by atoms with Crippen LogP contribution in [0.15, 0.2) is 36.5 Å². The van der Waals surface area contributed by atoms with Crippen molar-refractivity contribution in [1.82, 2.24) is 0 Å². The summed E-state index contributed by atoms with van der Waals surface area (Å²) in [6.45, 7) is 4.80. The van der Waals surface area contributed by atoms with Crippen molar-refractivity contribution in [2.24, 2.45) is 0 Å². The molecule has 9 nitrogen and oxygen atoms in total. The Morgan fingerprint density at radius 3 is 0.988 bits per heavy atom. The van der Waals surface area contributed by atoms with Crippen LogP contribution in [0.1, 0.15) is 348 Å². The standard InChI is InChI=1S/C72H135NO8/c1-6-8-10-12-14-16-18-20-22-24-26-28-30-32-34-35-37-38-40-42-44-46-48-50-52-54-56-58-60-62-69(74)79-66-68(67-80-72(71(76)77)78-65-64-73(3,4)5)81-70(75)63-61-59-57-55-53-51-49-47-45-43-41-39-36-33-31-29-27-25-23-21-19-17-15-13-11-9-7-2/h19,21,24-27,68,72H,6-18,20,22-23,28-67H2,1-5H3/b21-19-,26-24-,27-25-. The van der Waals surface area contributed by atoms with Gasteiger partial charge in [0.25, 0.3) is 0 Å². The highest BCUT2D eigenvalue weighted by Crippen LogP contribution is 2.18. The molecule has 0 aromatic carbocycles. The summed E-state index contributed by atoms with van der Waals surface area (Å²) in [5.41, 5.74) is 0. The van der Waals surface area contributed by atoms with Gasteiger partial charge in [-0.3, -0.25) is 9.59 Å². The molecule has 0 fully saturated rings. The number of likely N-dealkylation sites (N-methyl/N-ethyl adjacent to an activating group) is 1. The smallest absolute Gasteiger partial charge is 0.306 e. The lowest BCUT2D eigenvalue weighted by Crippen LogP contribution is -2.44. The molecule has 0 spiro atoms. The molecule has 2 atom stereocenters. The summed E-state index contributed by atoms with van der Waals surface area (Å²) >= 11 is 0. The largest absolute Gasteiger partial charge is 0.545 e. The summed E-state index contributed by atoms with van der Waals surface area (Å²) < 4.78 is 22.8. The number of carboxylic acids is 1. The molecular weight excluding hydrogens is 1010 g/mol. The van der Waals surface area contributed by atoms with E-state index in [-0.39, 0.29) is 32.2 Å². The molecule has 0 saturated heterocycles. The molecular formula is C72H135NO8. The third kappa shape index (κ3) is 64.9. The third-order valence-electron chi connectivity index (χ3n) is 15.9. The first kappa shape index (κ1) is 78.5. The van der Waals surface area contributed by atoms with E-state index in [1.54, 1.807) is 0 Å². The maximum atomic E-state index is 12.9. The Morgan fingerprint density at radius 1 is 0.370 bits per heavy atom. The van der Waals surface area contributed by atoms with Gasteiger partial charge < -0.3 is 33.3 Å². The number of hydrogen-bond acceptors (Lipinski definition) is 8. The van der Waals surface area contributed by atoms with Crippen LogP contribution in [0, 0.1) is 0 Å². The van der Waals surface area contributed by atoms with Gasteiger partial charge in [-0.25, -0.2) is 0 Å². The van der Waals surface area contributed by atoms with E-state index in [1.807, 2.05) is 21.1 Å². The molecule has 0 amide bonds. The second kappa shape index (κ2) is 63.5. The third-order valence-corrected chi connectivity index (χ3v) is 15.9. The highest BCUT2D eigenvalue weighted by atomic mass is 16.7. The van der Waals surface area contributed by atoms with E-state index < -0.39 is 24.3 Å². The molecule has 0 radical (unpaired) electrons. The van der Waals surface area contributed by atoms with Crippen molar-refractivity contribution in [1.29, 1.82) is 0 Å². The minimum absolute atomic E-state index is 0.150. The predicted octanol–water partition coefficient (Wildman–Crippen LogP) is 20.3. The molecule has 0 heterocycles. The molecule has 9 heteroatoms. The molecule has 0 aliphatic carbocycles. The van der Waals surface area contributed by atoms with Crippen LogP contribution in [0.3, 0.4) is 0 Å². The SMILES string of the molecule is CCCCCCC/C=C\C/C=C\CCCCCCCCCCCCCCCCCC(=O)OC(COC(=O)CCCCCCCCCCCCCCCCCCC/C=C\CCCCCCCCCC)COC(OCC[N+](C)(C)C)C(=O)[O-]. The number of nitrogens with zero attached hydrogens (tertiary/aromatic N) is 1. The van der Waals surface area contributed by atoms with Crippen LogP contribution >= 0.6 is 0 Å². The van der Waals surface area contributed by atoms with Gasteiger partial charge >= 0.3 is 11.9 Å². The Hall–Kier alpha value is -2.49. The number of esters is 2. The van der Waals surface area contributed by atoms with Crippen LogP contribution in [0.25, 0.3) is 0 Å². The Kier molecular flexibility index (Phi) is 61.6. The summed E-state index contributed by atoms with van der Waals surface area (Å²) in [5, 5.41) is 11.8. The summed E-state index contributed by atoms with van der Waals surface area (Å²) in [7, 11) is 5.94. The van der Waals surface area contributed by atoms with Crippen LogP contribution < -0.4 is 5.11 Å². The van der Waals surface area contributed by atoms with Gasteiger partial charge in [-0.1, -0.05) is 301 Å². The van der Waals surface area contributed by atoms with Crippen molar-refractivity contribution in [2.75, 3.05) is 47.5 Å². The van der Waals surface area contributed by atoms with E-state index in [1.165, 1.54) is 276 Å². The number of ether oxygens (including phenoxy) is 4. The van der Waals surface area contributed by atoms with Crippen LogP contribution in [0.4, 0.5) is 0 Å². The van der Waals surface area contributed by atoms with Gasteiger partial charge in [-0.2, -0.15) is 0 Å². The summed E-state index contributed by atoms with van der Waals surface area (Å²) in [6.07, 6.45) is 76.6. The van der Waals surface area contributed by atoms with Crippen LogP contribution in [0.5, 0.6) is 0 Å². The van der Waals surface area contributed by atoms with Gasteiger partial charge in [0.1, 0.15) is 13.2 Å². The van der Waals surface area contributed by atoms with Gasteiger partial charge in [0, 0.05) is 12.8 Å². The number of carbonyl (C=O) groups is 3. The number of carboxylic acid groups (broad SMARTS) is 1. The van der Waals surface area contributed by atoms with E-state index in [9.17, 15) is 19.5 Å². The lowest BCUT2D eigenvalue weighted by Gasteiger charge is -2.26. The first-order chi connectivity index (χ1) is 39.6. The van der Waals surface area contributed by atoms with Crippen LogP contribution in [-0.2, 0) is 33.3 Å². The van der Waals surface area contributed by atoms with Gasteiger partial charge in [-0.05, 0) is 70.6 Å². The van der Waals surface area contributed by atoms with E-state index in [4.69, 9.17) is 18.9 Å². The average molecular weight is 1140 g/mol. The van der Waals surface area contributed by atoms with Gasteiger partial charge in [0.05, 0.1) is 40.3 Å². The maximum Gasteiger partial charge on any atom is 0.306 e. The quantitative estimate of drug-likeness (QED) is 0.0195. The monoisotopic (exact) mass is 1140 g/mol. The van der Waals surface area contributed by atoms with E-state index in [0.29, 0.717) is 23.9 Å². The number of quaternary nitrogens is 1. The first-order valence-electron chi connectivity index (χ1n) is 35.1. The number of allylic oxidation sites excluding steroid dienone is 6. The van der Waals surface area contributed by atoms with Crippen molar-refractivity contribution in [3.8, 4) is 0 Å². The maximum absolute atomic E-state index is 12.9. The molecule has 0 aromatic rings. The second-order valence-electron chi connectivity index (χ2n) is 25.2. The van der Waals surface area contributed by atoms with Gasteiger partial charge in [0.2, 0.25) is 0 Å². The Morgan fingerprint density at radius 2 is 0.667 bits per heavy atom. The zero-order chi connectivity index (χ0) is 59.1. The lowest BCUT2D eigenvalue weighted by molar-refractivity contribution is -0.870. The molecule has 2 unspecified atom stereocenters. The number of unbranched alkanes of at least 4 members (excludes halogenated alkanes) is 45. The number of carbonyl (C=O) groups excluding carboxylic acids is 3. The van der Waals surface area contributed by atoms with Crippen molar-refractivity contribution in [3.63, 3.8) is 0 Å². The van der Waals surface area contributed by atoms with Crippen molar-refractivity contribution < 1.29 is 42.9 Å². The molecule has 81 heavy (non-hydrogen) atoms. The zero-order valence-corrected chi connectivity index (χ0v) is 54.4. The number of hydrogen-bond donors (Lipinski definition) is 0. The summed E-state index contributed by atoms with van der Waals surface area (Å²) in [6, 6.07) is 0. The number of aliphatic carboxylic acids is 1. The fourth-order valence-corrected chi connectivity index (χ4v) is 10.4. The second-order valence-corrected chi connectivity index (χ2v) is 25.2. The molecule has 476 valence electrons. The molecule has 0 aromatic heterocycles. The van der Waals surface area contributed by atoms with Crippen molar-refractivity contribution >= 4 is 17.9 Å². The highest BCUT2D eigenvalue weighted by molar-refractivity contribution is 5.70. The molecule has 0 aliphatic rings. The first-order valence-corrected chi connectivity index (χ1v) is 35.1. The summed E-state index contributed by atoms with van der Waals surface area (Å²) in [4.78, 5) is 37.5. The van der Waals surface area contributed by atoms with Crippen molar-refractivity contribution in [3.05, 3.63) is 36.5 Å². The lowest BCUT2D eigenvalue weighted by atomic mass is 10.0. The van der Waals surface area contributed by atoms with Gasteiger partial charge in [-0.15, -0.1) is 0 Å². The van der Waals surface area contributed by atoms with E-state index in [0.717, 1.165) is 38.5 Å². The average Bonchev–Trinajstić information content (AvgIpc) is 3.44. The number of rotatable bonds is 66. The zero-order valence-electron chi connectivity index (χ0n) is 54.4.